The minimum absolute atomic E-state index is 0.0669. The number of hydrogen-bond acceptors (Lipinski definition) is 7. The molecule has 2 atom stereocenters. The molecule has 0 saturated carbocycles. The first-order valence-corrected chi connectivity index (χ1v) is 9.79. The van der Waals surface area contributed by atoms with Crippen molar-refractivity contribution in [1.29, 1.82) is 0 Å². The normalized spacial score (nSPS) is 13.5. The zero-order valence-electron chi connectivity index (χ0n) is 15.2. The molecule has 0 saturated heterocycles. The van der Waals surface area contributed by atoms with E-state index in [2.05, 4.69) is 10.3 Å². The molecular weight excluding hydrogens is 394 g/mol. The first-order chi connectivity index (χ1) is 12.7. The van der Waals surface area contributed by atoms with Gasteiger partial charge in [0, 0.05) is 11.3 Å². The lowest BCUT2D eigenvalue weighted by Crippen LogP contribution is -2.39. The van der Waals surface area contributed by atoms with E-state index in [1.807, 2.05) is 0 Å². The van der Waals surface area contributed by atoms with E-state index < -0.39 is 24.1 Å². The minimum atomic E-state index is -1.12. The maximum atomic E-state index is 12.2. The lowest BCUT2D eigenvalue weighted by Gasteiger charge is -2.19. The SMILES string of the molecule is CC(C)[C@H](N)C(=O)O[C@H](/C=C/CCCl)CC(=O)NCc1nc(C(=O)O)cs1. The van der Waals surface area contributed by atoms with Gasteiger partial charge in [0.05, 0.1) is 13.0 Å². The van der Waals surface area contributed by atoms with Gasteiger partial charge in [-0.25, -0.2) is 9.78 Å². The molecular formula is C17H24ClN3O5S. The number of thiazole rings is 1. The van der Waals surface area contributed by atoms with Crippen LogP contribution in [0.3, 0.4) is 0 Å². The third-order valence-corrected chi connectivity index (χ3v) is 4.55. The van der Waals surface area contributed by atoms with Gasteiger partial charge in [0.25, 0.3) is 0 Å². The van der Waals surface area contributed by atoms with Crippen molar-refractivity contribution in [2.45, 2.75) is 45.4 Å². The number of amides is 1. The summed E-state index contributed by atoms with van der Waals surface area (Å²) in [6.45, 7) is 3.70. The number of aromatic carboxylic acids is 1. The van der Waals surface area contributed by atoms with Gasteiger partial charge in [0.15, 0.2) is 5.69 Å². The van der Waals surface area contributed by atoms with Gasteiger partial charge >= 0.3 is 11.9 Å². The monoisotopic (exact) mass is 417 g/mol. The first kappa shape index (κ1) is 23.1. The third kappa shape index (κ3) is 8.51. The van der Waals surface area contributed by atoms with E-state index in [1.54, 1.807) is 26.0 Å². The Labute approximate surface area is 166 Å². The maximum Gasteiger partial charge on any atom is 0.355 e. The molecule has 1 rings (SSSR count). The lowest BCUT2D eigenvalue weighted by molar-refractivity contribution is -0.150. The first-order valence-electron chi connectivity index (χ1n) is 8.37. The van der Waals surface area contributed by atoms with E-state index in [-0.39, 0.29) is 30.5 Å². The van der Waals surface area contributed by atoms with Gasteiger partial charge in [-0.2, -0.15) is 0 Å². The number of ether oxygens (including phenoxy) is 1. The Kier molecular flexibility index (Phi) is 9.98. The zero-order valence-corrected chi connectivity index (χ0v) is 16.8. The molecule has 0 aliphatic heterocycles. The van der Waals surface area contributed by atoms with Crippen molar-refractivity contribution in [3.05, 3.63) is 28.2 Å². The van der Waals surface area contributed by atoms with Crippen LogP contribution in [0.15, 0.2) is 17.5 Å². The van der Waals surface area contributed by atoms with Crippen LogP contribution in [0.1, 0.15) is 42.2 Å². The number of carbonyl (C=O) groups is 3. The molecule has 0 aliphatic rings. The van der Waals surface area contributed by atoms with Crippen LogP contribution in [0.2, 0.25) is 0 Å². The van der Waals surface area contributed by atoms with Crippen molar-refractivity contribution in [3.63, 3.8) is 0 Å². The summed E-state index contributed by atoms with van der Waals surface area (Å²) in [6, 6.07) is -0.776. The molecule has 0 unspecified atom stereocenters. The van der Waals surface area contributed by atoms with Crippen LogP contribution in [0.25, 0.3) is 0 Å². The molecule has 1 aromatic heterocycles. The molecule has 4 N–H and O–H groups in total. The Hall–Kier alpha value is -1.97. The molecule has 8 nitrogen and oxygen atoms in total. The molecule has 0 bridgehead atoms. The van der Waals surface area contributed by atoms with E-state index in [9.17, 15) is 14.4 Å². The fraction of sp³-hybridized carbons (Fsp3) is 0.529. The number of esters is 1. The van der Waals surface area contributed by atoms with Crippen LogP contribution in [0.5, 0.6) is 0 Å². The summed E-state index contributed by atoms with van der Waals surface area (Å²) < 4.78 is 5.33. The van der Waals surface area contributed by atoms with Gasteiger partial charge < -0.3 is 20.9 Å². The Morgan fingerprint density at radius 1 is 1.44 bits per heavy atom. The highest BCUT2D eigenvalue weighted by Crippen LogP contribution is 2.11. The van der Waals surface area contributed by atoms with E-state index in [0.717, 1.165) is 11.3 Å². The molecule has 0 aromatic carbocycles. The van der Waals surface area contributed by atoms with Crippen LogP contribution < -0.4 is 11.1 Å². The van der Waals surface area contributed by atoms with E-state index >= 15 is 0 Å². The third-order valence-electron chi connectivity index (χ3n) is 3.48. The predicted molar refractivity (Wildman–Crippen MR) is 103 cm³/mol. The van der Waals surface area contributed by atoms with Gasteiger partial charge in [-0.1, -0.05) is 19.9 Å². The number of carbonyl (C=O) groups excluding carboxylic acids is 2. The fourth-order valence-electron chi connectivity index (χ4n) is 1.88. The standard InChI is InChI=1S/C17H24ClN3O5S/c1-10(2)15(19)17(25)26-11(5-3-4-6-18)7-13(22)20-8-14-21-12(9-27-14)16(23)24/h3,5,9-11,15H,4,6-8,19H2,1-2H3,(H,20,22)(H,23,24)/b5-3+/t11-,15+/m1/s1. The number of halogens is 1. The Bertz CT molecular complexity index is 677. The second-order valence-corrected chi connectivity index (χ2v) is 7.38. The fourth-order valence-corrected chi connectivity index (χ4v) is 2.71. The number of alkyl halides is 1. The van der Waals surface area contributed by atoms with Crippen molar-refractivity contribution in [3.8, 4) is 0 Å². The average Bonchev–Trinajstić information content (AvgIpc) is 3.08. The quantitative estimate of drug-likeness (QED) is 0.284. The molecule has 1 amide bonds. The van der Waals surface area contributed by atoms with Gasteiger partial charge in [-0.15, -0.1) is 22.9 Å². The highest BCUT2D eigenvalue weighted by Gasteiger charge is 2.23. The van der Waals surface area contributed by atoms with Gasteiger partial charge in [0.1, 0.15) is 17.2 Å². The van der Waals surface area contributed by atoms with Crippen LogP contribution in [-0.4, -0.2) is 46.0 Å². The van der Waals surface area contributed by atoms with Crippen molar-refractivity contribution in [2.24, 2.45) is 11.7 Å². The Balaban J connectivity index is 2.62. The summed E-state index contributed by atoms with van der Waals surface area (Å²) in [5.74, 6) is -1.75. The molecule has 27 heavy (non-hydrogen) atoms. The highest BCUT2D eigenvalue weighted by atomic mass is 35.5. The van der Waals surface area contributed by atoms with E-state index in [4.69, 9.17) is 27.2 Å². The molecule has 0 fully saturated rings. The lowest BCUT2D eigenvalue weighted by atomic mass is 10.1. The largest absolute Gasteiger partial charge is 0.476 e. The highest BCUT2D eigenvalue weighted by molar-refractivity contribution is 7.09. The Morgan fingerprint density at radius 3 is 2.70 bits per heavy atom. The number of rotatable bonds is 11. The summed E-state index contributed by atoms with van der Waals surface area (Å²) in [6.07, 6.45) is 3.06. The summed E-state index contributed by atoms with van der Waals surface area (Å²) in [5, 5.41) is 13.3. The number of allylic oxidation sites excluding steroid dienone is 1. The topological polar surface area (TPSA) is 132 Å². The number of nitrogens with two attached hydrogens (primary N) is 1. The predicted octanol–water partition coefficient (Wildman–Crippen LogP) is 1.93. The number of hydrogen-bond donors (Lipinski definition) is 3. The van der Waals surface area contributed by atoms with Gasteiger partial charge in [0.2, 0.25) is 5.91 Å². The van der Waals surface area contributed by atoms with E-state index in [0.29, 0.717) is 17.3 Å². The molecule has 0 spiro atoms. The molecule has 10 heteroatoms. The van der Waals surface area contributed by atoms with Crippen molar-refractivity contribution < 1.29 is 24.2 Å². The van der Waals surface area contributed by atoms with Gasteiger partial charge in [-0.05, 0) is 18.4 Å². The van der Waals surface area contributed by atoms with Crippen LogP contribution >= 0.6 is 22.9 Å². The van der Waals surface area contributed by atoms with E-state index in [1.165, 1.54) is 5.38 Å². The maximum absolute atomic E-state index is 12.2. The number of nitrogens with one attached hydrogen (secondary N) is 1. The Morgan fingerprint density at radius 2 is 2.15 bits per heavy atom. The summed E-state index contributed by atoms with van der Waals surface area (Å²) in [5.41, 5.74) is 5.71. The number of aromatic nitrogens is 1. The molecule has 0 radical (unpaired) electrons. The second kappa shape index (κ2) is 11.7. The molecule has 0 aliphatic carbocycles. The summed E-state index contributed by atoms with van der Waals surface area (Å²) in [7, 11) is 0. The van der Waals surface area contributed by atoms with Crippen molar-refractivity contribution in [2.75, 3.05) is 5.88 Å². The second-order valence-electron chi connectivity index (χ2n) is 6.06. The molecule has 150 valence electrons. The average molecular weight is 418 g/mol. The summed E-state index contributed by atoms with van der Waals surface area (Å²) >= 11 is 6.76. The van der Waals surface area contributed by atoms with Crippen LogP contribution in [-0.2, 0) is 20.9 Å². The van der Waals surface area contributed by atoms with Crippen molar-refractivity contribution in [1.82, 2.24) is 10.3 Å². The van der Waals surface area contributed by atoms with Crippen molar-refractivity contribution >= 4 is 40.8 Å². The smallest absolute Gasteiger partial charge is 0.355 e. The minimum Gasteiger partial charge on any atom is -0.476 e. The van der Waals surface area contributed by atoms with Crippen LogP contribution in [0, 0.1) is 5.92 Å². The number of nitrogens with zero attached hydrogens (tertiary/aromatic N) is 1. The number of carboxylic acid groups (broad SMARTS) is 1. The zero-order chi connectivity index (χ0) is 20.4. The van der Waals surface area contributed by atoms with Crippen LogP contribution in [0.4, 0.5) is 0 Å². The number of carboxylic acids is 1. The van der Waals surface area contributed by atoms with Gasteiger partial charge in [-0.3, -0.25) is 9.59 Å². The molecule has 1 heterocycles. The molecule has 1 aromatic rings. The summed E-state index contributed by atoms with van der Waals surface area (Å²) in [4.78, 5) is 38.9.